The largest absolute Gasteiger partial charge is 0.471 e. The number of benzene rings is 1. The van der Waals surface area contributed by atoms with Gasteiger partial charge in [-0.25, -0.2) is 0 Å². The van der Waals surface area contributed by atoms with Gasteiger partial charge in [-0.05, 0) is 22.9 Å². The monoisotopic (exact) mass is 350 g/mol. The number of carbonyl (C=O) groups excluding carboxylic acids is 1. The minimum Gasteiger partial charge on any atom is -0.471 e. The number of ether oxygens (including phenoxy) is 1. The lowest BCUT2D eigenvalue weighted by Gasteiger charge is -2.11. The van der Waals surface area contributed by atoms with Gasteiger partial charge in [0.05, 0.1) is 5.56 Å². The van der Waals surface area contributed by atoms with Crippen molar-refractivity contribution in [3.8, 4) is 5.88 Å². The van der Waals surface area contributed by atoms with Crippen LogP contribution in [0.15, 0.2) is 60.0 Å². The van der Waals surface area contributed by atoms with Gasteiger partial charge in [-0.2, -0.15) is 9.97 Å². The molecule has 3 rings (SSSR count). The number of anilines is 2. The minimum absolute atomic E-state index is 0.113. The fourth-order valence-electron chi connectivity index (χ4n) is 2.12. The van der Waals surface area contributed by atoms with Crippen LogP contribution in [0.5, 0.6) is 5.88 Å². The number of nitrogens with one attached hydrogen (secondary N) is 1. The van der Waals surface area contributed by atoms with Crippen molar-refractivity contribution in [2.45, 2.75) is 6.61 Å². The van der Waals surface area contributed by atoms with Gasteiger partial charge < -0.3 is 15.8 Å². The van der Waals surface area contributed by atoms with Gasteiger partial charge in [-0.3, -0.25) is 9.78 Å². The Morgan fingerprint density at radius 3 is 2.65 bits per heavy atom. The first-order valence-corrected chi connectivity index (χ1v) is 7.56. The standard InChI is InChI=1S/C17H14N6O3/c18-17-21-14(20-15(24)12-7-4-8-19-9-12)13(23-25)16(22-17)26-10-11-5-2-1-3-6-11/h1-9H,10H2,(H3,18,20,21,22,24). The second-order valence-electron chi connectivity index (χ2n) is 5.15. The van der Waals surface area contributed by atoms with E-state index in [1.807, 2.05) is 30.3 Å². The average Bonchev–Trinajstić information content (AvgIpc) is 2.67. The van der Waals surface area contributed by atoms with Gasteiger partial charge >= 0.3 is 0 Å². The first kappa shape index (κ1) is 17.0. The molecule has 1 amide bonds. The third-order valence-electron chi connectivity index (χ3n) is 3.33. The Hall–Kier alpha value is -3.88. The number of hydrogen-bond donors (Lipinski definition) is 2. The van der Waals surface area contributed by atoms with Crippen molar-refractivity contribution in [1.29, 1.82) is 0 Å². The van der Waals surface area contributed by atoms with E-state index in [1.54, 1.807) is 12.1 Å². The summed E-state index contributed by atoms with van der Waals surface area (Å²) in [4.78, 5) is 35.1. The highest BCUT2D eigenvalue weighted by molar-refractivity contribution is 6.05. The summed E-state index contributed by atoms with van der Waals surface area (Å²) in [6.07, 6.45) is 2.91. The van der Waals surface area contributed by atoms with E-state index < -0.39 is 5.91 Å². The van der Waals surface area contributed by atoms with Crippen molar-refractivity contribution < 1.29 is 9.53 Å². The second-order valence-corrected chi connectivity index (χ2v) is 5.15. The molecule has 2 aromatic heterocycles. The lowest BCUT2D eigenvalue weighted by Crippen LogP contribution is -2.15. The Balaban J connectivity index is 1.85. The van der Waals surface area contributed by atoms with Gasteiger partial charge in [-0.15, -0.1) is 4.91 Å². The van der Waals surface area contributed by atoms with Crippen LogP contribution in [0.25, 0.3) is 0 Å². The second kappa shape index (κ2) is 7.79. The molecule has 0 radical (unpaired) electrons. The fraction of sp³-hybridized carbons (Fsp3) is 0.0588. The fourth-order valence-corrected chi connectivity index (χ4v) is 2.12. The summed E-state index contributed by atoms with van der Waals surface area (Å²) in [5, 5.41) is 5.36. The van der Waals surface area contributed by atoms with Crippen LogP contribution in [0.2, 0.25) is 0 Å². The molecule has 0 saturated carbocycles. The number of aromatic nitrogens is 3. The van der Waals surface area contributed by atoms with E-state index in [4.69, 9.17) is 10.5 Å². The van der Waals surface area contributed by atoms with Gasteiger partial charge in [0.15, 0.2) is 5.82 Å². The Labute approximate surface area is 148 Å². The molecule has 0 fully saturated rings. The summed E-state index contributed by atoms with van der Waals surface area (Å²) in [6.45, 7) is 0.149. The van der Waals surface area contributed by atoms with E-state index in [0.29, 0.717) is 0 Å². The zero-order chi connectivity index (χ0) is 18.4. The maximum absolute atomic E-state index is 12.2. The predicted octanol–water partition coefficient (Wildman–Crippen LogP) is 2.68. The van der Waals surface area contributed by atoms with E-state index in [9.17, 15) is 9.70 Å². The molecule has 26 heavy (non-hydrogen) atoms. The van der Waals surface area contributed by atoms with Crippen LogP contribution in [-0.4, -0.2) is 20.9 Å². The number of nitrogens with two attached hydrogens (primary N) is 1. The topological polar surface area (TPSA) is 132 Å². The summed E-state index contributed by atoms with van der Waals surface area (Å²) in [5.41, 5.74) is 6.56. The lowest BCUT2D eigenvalue weighted by atomic mass is 10.2. The lowest BCUT2D eigenvalue weighted by molar-refractivity contribution is 0.102. The van der Waals surface area contributed by atoms with Crippen LogP contribution in [0.1, 0.15) is 15.9 Å². The van der Waals surface area contributed by atoms with Gasteiger partial charge in [0, 0.05) is 12.4 Å². The third kappa shape index (κ3) is 3.96. The molecular formula is C17H14N6O3. The molecule has 2 heterocycles. The minimum atomic E-state index is -0.518. The molecule has 9 heteroatoms. The summed E-state index contributed by atoms with van der Waals surface area (Å²) in [5.74, 6) is -0.931. The Morgan fingerprint density at radius 2 is 1.96 bits per heavy atom. The Kier molecular flexibility index (Phi) is 5.08. The molecule has 3 N–H and O–H groups in total. The third-order valence-corrected chi connectivity index (χ3v) is 3.33. The molecule has 0 aliphatic heterocycles. The van der Waals surface area contributed by atoms with E-state index in [2.05, 4.69) is 25.4 Å². The molecule has 0 spiro atoms. The maximum Gasteiger partial charge on any atom is 0.258 e. The van der Waals surface area contributed by atoms with Gasteiger partial charge in [-0.1, -0.05) is 30.3 Å². The first-order chi connectivity index (χ1) is 12.7. The number of rotatable bonds is 6. The van der Waals surface area contributed by atoms with Crippen molar-refractivity contribution in [3.05, 3.63) is 70.9 Å². The van der Waals surface area contributed by atoms with E-state index in [0.717, 1.165) is 5.56 Å². The van der Waals surface area contributed by atoms with Crippen LogP contribution in [0.3, 0.4) is 0 Å². The van der Waals surface area contributed by atoms with Crippen LogP contribution in [-0.2, 0) is 6.61 Å². The first-order valence-electron chi connectivity index (χ1n) is 7.56. The summed E-state index contributed by atoms with van der Waals surface area (Å²) in [6, 6.07) is 12.4. The Bertz CT molecular complexity index is 919. The molecule has 3 aromatic rings. The number of amides is 1. The smallest absolute Gasteiger partial charge is 0.258 e. The number of nitroso groups, excluding NO2 is 1. The van der Waals surface area contributed by atoms with Gasteiger partial charge in [0.2, 0.25) is 11.6 Å². The number of nitrogen functional groups attached to an aromatic ring is 1. The van der Waals surface area contributed by atoms with Crippen molar-refractivity contribution in [2.75, 3.05) is 11.1 Å². The predicted molar refractivity (Wildman–Crippen MR) is 94.9 cm³/mol. The Morgan fingerprint density at radius 1 is 1.15 bits per heavy atom. The van der Waals surface area contributed by atoms with Crippen molar-refractivity contribution in [2.24, 2.45) is 5.18 Å². The summed E-state index contributed by atoms with van der Waals surface area (Å²) < 4.78 is 5.53. The number of hydrogen-bond acceptors (Lipinski definition) is 8. The van der Waals surface area contributed by atoms with Gasteiger partial charge in [0.25, 0.3) is 11.8 Å². The van der Waals surface area contributed by atoms with Crippen molar-refractivity contribution in [1.82, 2.24) is 15.0 Å². The highest BCUT2D eigenvalue weighted by atomic mass is 16.5. The SMILES string of the molecule is Nc1nc(NC(=O)c2cccnc2)c(N=O)c(OCc2ccccc2)n1. The molecule has 1 aromatic carbocycles. The van der Waals surface area contributed by atoms with E-state index in [-0.39, 0.29) is 35.5 Å². The van der Waals surface area contributed by atoms with E-state index >= 15 is 0 Å². The van der Waals surface area contributed by atoms with Crippen molar-refractivity contribution in [3.63, 3.8) is 0 Å². The molecule has 0 aliphatic rings. The highest BCUT2D eigenvalue weighted by Gasteiger charge is 2.19. The van der Waals surface area contributed by atoms with Crippen LogP contribution in [0, 0.1) is 4.91 Å². The van der Waals surface area contributed by atoms with Crippen LogP contribution < -0.4 is 15.8 Å². The summed E-state index contributed by atoms with van der Waals surface area (Å²) in [7, 11) is 0. The molecule has 130 valence electrons. The molecule has 0 bridgehead atoms. The average molecular weight is 350 g/mol. The summed E-state index contributed by atoms with van der Waals surface area (Å²) >= 11 is 0. The highest BCUT2D eigenvalue weighted by Crippen LogP contribution is 2.33. The zero-order valence-electron chi connectivity index (χ0n) is 13.5. The van der Waals surface area contributed by atoms with Crippen molar-refractivity contribution >= 4 is 23.4 Å². The zero-order valence-corrected chi connectivity index (χ0v) is 13.5. The van der Waals surface area contributed by atoms with Gasteiger partial charge in [0.1, 0.15) is 6.61 Å². The molecule has 0 unspecified atom stereocenters. The molecular weight excluding hydrogens is 336 g/mol. The number of pyridine rings is 1. The van der Waals surface area contributed by atoms with Crippen LogP contribution in [0.4, 0.5) is 17.5 Å². The number of carbonyl (C=O) groups is 1. The van der Waals surface area contributed by atoms with Crippen LogP contribution >= 0.6 is 0 Å². The molecule has 0 saturated heterocycles. The number of nitrogens with zero attached hydrogens (tertiary/aromatic N) is 4. The molecule has 9 nitrogen and oxygen atoms in total. The van der Waals surface area contributed by atoms with E-state index in [1.165, 1.54) is 12.4 Å². The molecule has 0 aliphatic carbocycles. The quantitative estimate of drug-likeness (QED) is 0.653. The molecule has 0 atom stereocenters. The maximum atomic E-state index is 12.2. The normalized spacial score (nSPS) is 10.2.